The number of hydrogen-bond donors (Lipinski definition) is 0. The first kappa shape index (κ1) is 15.1. The Labute approximate surface area is 105 Å². The van der Waals surface area contributed by atoms with Gasteiger partial charge in [0.1, 0.15) is 5.75 Å². The van der Waals surface area contributed by atoms with Crippen molar-refractivity contribution in [1.29, 1.82) is 0 Å². The number of ether oxygens (including phenoxy) is 1. The summed E-state index contributed by atoms with van der Waals surface area (Å²) in [5.41, 5.74) is 3.87. The molecule has 16 heavy (non-hydrogen) atoms. The summed E-state index contributed by atoms with van der Waals surface area (Å²) in [5, 5.41) is 0. The van der Waals surface area contributed by atoms with Crippen molar-refractivity contribution < 1.29 is 4.74 Å². The van der Waals surface area contributed by atoms with Crippen LogP contribution in [0, 0.1) is 13.8 Å². The van der Waals surface area contributed by atoms with Crippen molar-refractivity contribution in [2.45, 2.75) is 27.7 Å². The molecule has 1 aromatic rings. The Bertz CT molecular complexity index is 335. The average Bonchev–Trinajstić information content (AvgIpc) is 2.24. The Morgan fingerprint density at radius 3 is 2.12 bits per heavy atom. The second-order valence-electron chi connectivity index (χ2n) is 3.73. The first-order valence-electron chi connectivity index (χ1n) is 5.54. The van der Waals surface area contributed by atoms with Crippen LogP contribution in [0.3, 0.4) is 0 Å². The Morgan fingerprint density at radius 1 is 1.12 bits per heavy atom. The summed E-state index contributed by atoms with van der Waals surface area (Å²) >= 11 is 0. The van der Waals surface area contributed by atoms with Crippen molar-refractivity contribution in [1.82, 2.24) is 0 Å². The van der Waals surface area contributed by atoms with Crippen LogP contribution in [-0.4, -0.2) is 20.2 Å². The van der Waals surface area contributed by atoms with Gasteiger partial charge in [0.15, 0.2) is 0 Å². The molecule has 0 aliphatic rings. The second-order valence-corrected chi connectivity index (χ2v) is 3.73. The molecule has 1 rings (SSSR count). The molecule has 3 heteroatoms. The van der Waals surface area contributed by atoms with Crippen molar-refractivity contribution in [3.63, 3.8) is 0 Å². The predicted molar refractivity (Wildman–Crippen MR) is 73.3 cm³/mol. The van der Waals surface area contributed by atoms with Gasteiger partial charge < -0.3 is 9.64 Å². The number of aryl methyl sites for hydroxylation is 1. The SMILES string of the molecule is CCN(CC)c1c(C)ccc(OC)c1C.Cl. The molecular weight excluding hydrogens is 222 g/mol. The molecular formula is C13H22ClNO. The monoisotopic (exact) mass is 243 g/mol. The standard InChI is InChI=1S/C13H21NO.ClH/c1-6-14(7-2)13-10(3)8-9-12(15-5)11(13)4;/h8-9H,6-7H2,1-5H3;1H. The smallest absolute Gasteiger partial charge is 0.123 e. The number of rotatable bonds is 4. The van der Waals surface area contributed by atoms with E-state index in [1.807, 2.05) is 6.07 Å². The van der Waals surface area contributed by atoms with E-state index in [1.54, 1.807) is 7.11 Å². The third kappa shape index (κ3) is 2.82. The summed E-state index contributed by atoms with van der Waals surface area (Å²) in [4.78, 5) is 2.37. The van der Waals surface area contributed by atoms with Gasteiger partial charge in [-0.2, -0.15) is 0 Å². The molecule has 0 atom stereocenters. The van der Waals surface area contributed by atoms with Crippen molar-refractivity contribution in [2.24, 2.45) is 0 Å². The molecule has 0 saturated carbocycles. The van der Waals surface area contributed by atoms with E-state index in [0.29, 0.717) is 0 Å². The van der Waals surface area contributed by atoms with Gasteiger partial charge in [-0.3, -0.25) is 0 Å². The van der Waals surface area contributed by atoms with E-state index >= 15 is 0 Å². The molecule has 92 valence electrons. The molecule has 0 unspecified atom stereocenters. The zero-order chi connectivity index (χ0) is 11.4. The zero-order valence-electron chi connectivity index (χ0n) is 10.8. The number of methoxy groups -OCH3 is 1. The van der Waals surface area contributed by atoms with Crippen molar-refractivity contribution in [3.8, 4) is 5.75 Å². The lowest BCUT2D eigenvalue weighted by Crippen LogP contribution is -2.23. The van der Waals surface area contributed by atoms with E-state index in [2.05, 4.69) is 38.7 Å². The number of hydrogen-bond acceptors (Lipinski definition) is 2. The highest BCUT2D eigenvalue weighted by Crippen LogP contribution is 2.31. The molecule has 0 bridgehead atoms. The molecule has 1 aromatic carbocycles. The van der Waals surface area contributed by atoms with Gasteiger partial charge in [-0.1, -0.05) is 6.07 Å². The van der Waals surface area contributed by atoms with Crippen molar-refractivity contribution in [2.75, 3.05) is 25.1 Å². The van der Waals surface area contributed by atoms with Gasteiger partial charge in [0, 0.05) is 24.3 Å². The largest absolute Gasteiger partial charge is 0.496 e. The molecule has 0 aliphatic carbocycles. The van der Waals surface area contributed by atoms with Gasteiger partial charge in [0.2, 0.25) is 0 Å². The van der Waals surface area contributed by atoms with Gasteiger partial charge in [-0.15, -0.1) is 12.4 Å². The Balaban J connectivity index is 0.00000225. The van der Waals surface area contributed by atoms with E-state index < -0.39 is 0 Å². The first-order chi connectivity index (χ1) is 7.15. The average molecular weight is 244 g/mol. The molecule has 0 heterocycles. The fourth-order valence-electron chi connectivity index (χ4n) is 2.06. The van der Waals surface area contributed by atoms with E-state index in [-0.39, 0.29) is 12.4 Å². The summed E-state index contributed by atoms with van der Waals surface area (Å²) in [6.45, 7) is 10.7. The summed E-state index contributed by atoms with van der Waals surface area (Å²) in [6, 6.07) is 4.16. The van der Waals surface area contributed by atoms with Crippen LogP contribution in [0.25, 0.3) is 0 Å². The summed E-state index contributed by atoms with van der Waals surface area (Å²) in [6.07, 6.45) is 0. The fraction of sp³-hybridized carbons (Fsp3) is 0.538. The van der Waals surface area contributed by atoms with Crippen LogP contribution in [-0.2, 0) is 0 Å². The van der Waals surface area contributed by atoms with Crippen LogP contribution in [0.1, 0.15) is 25.0 Å². The van der Waals surface area contributed by atoms with Gasteiger partial charge in [-0.05, 0) is 39.3 Å². The quantitative estimate of drug-likeness (QED) is 0.802. The molecule has 0 spiro atoms. The van der Waals surface area contributed by atoms with Crippen LogP contribution >= 0.6 is 12.4 Å². The maximum Gasteiger partial charge on any atom is 0.123 e. The Hall–Kier alpha value is -0.890. The highest BCUT2D eigenvalue weighted by atomic mass is 35.5. The third-order valence-electron chi connectivity index (χ3n) is 2.88. The fourth-order valence-corrected chi connectivity index (χ4v) is 2.06. The summed E-state index contributed by atoms with van der Waals surface area (Å²) in [7, 11) is 1.73. The molecule has 0 radical (unpaired) electrons. The van der Waals surface area contributed by atoms with Gasteiger partial charge >= 0.3 is 0 Å². The molecule has 0 N–H and O–H groups in total. The minimum atomic E-state index is 0. The zero-order valence-corrected chi connectivity index (χ0v) is 11.6. The van der Waals surface area contributed by atoms with E-state index in [0.717, 1.165) is 18.8 Å². The molecule has 0 aliphatic heterocycles. The van der Waals surface area contributed by atoms with Crippen molar-refractivity contribution in [3.05, 3.63) is 23.3 Å². The van der Waals surface area contributed by atoms with Gasteiger partial charge in [0.05, 0.1) is 7.11 Å². The maximum atomic E-state index is 5.35. The summed E-state index contributed by atoms with van der Waals surface area (Å²) in [5.74, 6) is 0.975. The first-order valence-corrected chi connectivity index (χ1v) is 5.54. The molecule has 0 aromatic heterocycles. The van der Waals surface area contributed by atoms with Crippen LogP contribution in [0.5, 0.6) is 5.75 Å². The second kappa shape index (κ2) is 6.64. The lowest BCUT2D eigenvalue weighted by atomic mass is 10.1. The predicted octanol–water partition coefficient (Wildman–Crippen LogP) is 3.58. The number of nitrogens with zero attached hydrogens (tertiary/aromatic N) is 1. The van der Waals surface area contributed by atoms with Crippen LogP contribution < -0.4 is 9.64 Å². The van der Waals surface area contributed by atoms with Crippen LogP contribution in [0.2, 0.25) is 0 Å². The maximum absolute atomic E-state index is 5.35. The minimum absolute atomic E-state index is 0. The molecule has 0 fully saturated rings. The molecule has 0 saturated heterocycles. The van der Waals surface area contributed by atoms with Crippen molar-refractivity contribution >= 4 is 18.1 Å². The lowest BCUT2D eigenvalue weighted by molar-refractivity contribution is 0.411. The summed E-state index contributed by atoms with van der Waals surface area (Å²) < 4.78 is 5.35. The van der Waals surface area contributed by atoms with Gasteiger partial charge in [0.25, 0.3) is 0 Å². The number of anilines is 1. The van der Waals surface area contributed by atoms with E-state index in [4.69, 9.17) is 4.74 Å². The molecule has 2 nitrogen and oxygen atoms in total. The lowest BCUT2D eigenvalue weighted by Gasteiger charge is -2.26. The Morgan fingerprint density at radius 2 is 1.69 bits per heavy atom. The van der Waals surface area contributed by atoms with E-state index in [1.165, 1.54) is 16.8 Å². The topological polar surface area (TPSA) is 12.5 Å². The minimum Gasteiger partial charge on any atom is -0.496 e. The number of benzene rings is 1. The van der Waals surface area contributed by atoms with Crippen LogP contribution in [0.4, 0.5) is 5.69 Å². The van der Waals surface area contributed by atoms with Crippen LogP contribution in [0.15, 0.2) is 12.1 Å². The third-order valence-corrected chi connectivity index (χ3v) is 2.88. The molecule has 0 amide bonds. The normalized spacial score (nSPS) is 9.56. The highest BCUT2D eigenvalue weighted by molar-refractivity contribution is 5.85. The highest BCUT2D eigenvalue weighted by Gasteiger charge is 2.12. The number of halogens is 1. The van der Waals surface area contributed by atoms with Gasteiger partial charge in [-0.25, -0.2) is 0 Å². The van der Waals surface area contributed by atoms with E-state index in [9.17, 15) is 0 Å². The Kier molecular flexibility index (Phi) is 6.27.